The van der Waals surface area contributed by atoms with Crippen LogP contribution in [0.5, 0.6) is 0 Å². The molecule has 2 aromatic rings. The van der Waals surface area contributed by atoms with Crippen LogP contribution in [-0.2, 0) is 4.79 Å². The Morgan fingerprint density at radius 2 is 1.96 bits per heavy atom. The van der Waals surface area contributed by atoms with Crippen LogP contribution < -0.4 is 5.32 Å². The largest absolute Gasteiger partial charge is 0.302 e. The average molecular weight is 467 g/mol. The molecular weight excluding hydrogens is 446 g/mol. The maximum atomic E-state index is 13.5. The summed E-state index contributed by atoms with van der Waals surface area (Å²) in [5, 5.41) is 5.18. The van der Waals surface area contributed by atoms with Crippen LogP contribution in [0.4, 0.5) is 13.9 Å². The first kappa shape index (κ1) is 18.7. The predicted octanol–water partition coefficient (Wildman–Crippen LogP) is 6.15. The number of carbonyl (C=O) groups is 1. The summed E-state index contributed by atoms with van der Waals surface area (Å²) >= 11 is 5.30. The highest BCUT2D eigenvalue weighted by molar-refractivity contribution is 9.10. The van der Waals surface area contributed by atoms with Crippen LogP contribution in [0.2, 0.25) is 0 Å². The van der Waals surface area contributed by atoms with E-state index in [1.54, 1.807) is 5.38 Å². The molecule has 28 heavy (non-hydrogen) atoms. The number of nitrogens with zero attached hydrogens (tertiary/aromatic N) is 1. The highest BCUT2D eigenvalue weighted by Gasteiger charge is 2.57. The van der Waals surface area contributed by atoms with E-state index in [1.165, 1.54) is 36.7 Å². The molecule has 148 valence electrons. The number of hydrogen-bond donors (Lipinski definition) is 1. The van der Waals surface area contributed by atoms with Crippen molar-refractivity contribution in [2.45, 2.75) is 49.3 Å². The number of nitrogens with one attached hydrogen (secondary N) is 1. The molecule has 1 heterocycles. The van der Waals surface area contributed by atoms with Gasteiger partial charge in [0.05, 0.1) is 5.69 Å². The van der Waals surface area contributed by atoms with Gasteiger partial charge in [0.1, 0.15) is 0 Å². The lowest BCUT2D eigenvalue weighted by atomic mass is 9.48. The molecule has 6 rings (SSSR count). The van der Waals surface area contributed by atoms with Crippen LogP contribution in [0.3, 0.4) is 0 Å². The van der Waals surface area contributed by atoms with Crippen LogP contribution in [-0.4, -0.2) is 15.2 Å². The van der Waals surface area contributed by atoms with Crippen molar-refractivity contribution in [3.05, 3.63) is 35.2 Å². The van der Waals surface area contributed by atoms with Crippen molar-refractivity contribution >= 4 is 38.3 Å². The molecule has 4 aliphatic rings. The van der Waals surface area contributed by atoms with Gasteiger partial charge in [0.2, 0.25) is 5.91 Å². The van der Waals surface area contributed by atoms with Crippen LogP contribution in [0.25, 0.3) is 11.3 Å². The van der Waals surface area contributed by atoms with Gasteiger partial charge in [-0.2, -0.15) is 0 Å². The highest BCUT2D eigenvalue weighted by Crippen LogP contribution is 2.65. The minimum atomic E-state index is -0.901. The first-order valence-corrected chi connectivity index (χ1v) is 11.4. The number of halogens is 3. The molecule has 3 nitrogen and oxygen atoms in total. The molecule has 1 aromatic heterocycles. The standard InChI is InChI=1S/C21H21BrF2N2OS/c22-21-7-12-3-13(8-21)6-20(5-12,11-21)9-18(27)26-19-25-17(10-28-19)14-1-2-15(23)16(24)4-14/h1-2,4,10,12-13H,3,5-9,11H2,(H,25,26,27)/t12-,13+,20?,21?. The molecule has 4 bridgehead atoms. The van der Waals surface area contributed by atoms with Crippen molar-refractivity contribution in [1.29, 1.82) is 0 Å². The number of alkyl halides is 1. The number of anilines is 1. The summed E-state index contributed by atoms with van der Waals surface area (Å²) in [6, 6.07) is 3.70. The van der Waals surface area contributed by atoms with E-state index >= 15 is 0 Å². The lowest BCUT2D eigenvalue weighted by Gasteiger charge is -2.60. The molecule has 1 amide bonds. The number of thiazole rings is 1. The van der Waals surface area contributed by atoms with Gasteiger partial charge in [-0.15, -0.1) is 11.3 Å². The Morgan fingerprint density at radius 3 is 2.64 bits per heavy atom. The number of benzene rings is 1. The summed E-state index contributed by atoms with van der Waals surface area (Å²) in [5.41, 5.74) is 1.14. The number of aromatic nitrogens is 1. The average Bonchev–Trinajstić information content (AvgIpc) is 3.02. The molecule has 0 aliphatic heterocycles. The number of hydrogen-bond acceptors (Lipinski definition) is 3. The van der Waals surface area contributed by atoms with Gasteiger partial charge in [0.15, 0.2) is 16.8 Å². The Morgan fingerprint density at radius 1 is 1.21 bits per heavy atom. The van der Waals surface area contributed by atoms with Gasteiger partial charge in [-0.1, -0.05) is 15.9 Å². The Hall–Kier alpha value is -1.34. The number of amides is 1. The van der Waals surface area contributed by atoms with Crippen molar-refractivity contribution < 1.29 is 13.6 Å². The Kier molecular flexibility index (Phi) is 4.40. The third-order valence-corrected chi connectivity index (χ3v) is 8.30. The molecular formula is C21H21BrF2N2OS. The van der Waals surface area contributed by atoms with E-state index in [1.807, 2.05) is 0 Å². The van der Waals surface area contributed by atoms with Gasteiger partial charge in [-0.3, -0.25) is 4.79 Å². The second-order valence-corrected chi connectivity index (χ2v) is 11.5. The summed E-state index contributed by atoms with van der Waals surface area (Å²) in [7, 11) is 0. The molecule has 2 unspecified atom stereocenters. The minimum absolute atomic E-state index is 0.00392. The third kappa shape index (κ3) is 3.41. The van der Waals surface area contributed by atoms with E-state index < -0.39 is 11.6 Å². The fourth-order valence-corrected chi connectivity index (χ4v) is 8.41. The summed E-state index contributed by atoms with van der Waals surface area (Å²) in [6.45, 7) is 0. The van der Waals surface area contributed by atoms with E-state index in [4.69, 9.17) is 0 Å². The van der Waals surface area contributed by atoms with Crippen LogP contribution in [0, 0.1) is 28.9 Å². The van der Waals surface area contributed by atoms with Gasteiger partial charge < -0.3 is 5.32 Å². The van der Waals surface area contributed by atoms with Crippen LogP contribution in [0.15, 0.2) is 23.6 Å². The van der Waals surface area contributed by atoms with Crippen molar-refractivity contribution in [3.8, 4) is 11.3 Å². The second kappa shape index (κ2) is 6.59. The minimum Gasteiger partial charge on any atom is -0.302 e. The normalized spacial score (nSPS) is 33.2. The summed E-state index contributed by atoms with van der Waals surface area (Å²) in [4.78, 5) is 17.2. The fourth-order valence-electron chi connectivity index (χ4n) is 6.17. The smallest absolute Gasteiger partial charge is 0.226 e. The van der Waals surface area contributed by atoms with Gasteiger partial charge in [0.25, 0.3) is 0 Å². The Balaban J connectivity index is 1.28. The molecule has 1 aromatic carbocycles. The quantitative estimate of drug-likeness (QED) is 0.548. The molecule has 0 saturated heterocycles. The lowest BCUT2D eigenvalue weighted by molar-refractivity contribution is -0.123. The van der Waals surface area contributed by atoms with E-state index in [9.17, 15) is 13.6 Å². The number of carbonyl (C=O) groups excluding carboxylic acids is 1. The van der Waals surface area contributed by atoms with Crippen molar-refractivity contribution in [2.24, 2.45) is 17.3 Å². The van der Waals surface area contributed by atoms with Crippen molar-refractivity contribution in [3.63, 3.8) is 0 Å². The SMILES string of the molecule is O=C(CC12C[C@@H]3C[C@@H](CC(Br)(C3)C1)C2)Nc1nc(-c2ccc(F)c(F)c2)cs1. The molecule has 1 N–H and O–H groups in total. The van der Waals surface area contributed by atoms with Gasteiger partial charge in [0, 0.05) is 21.7 Å². The molecule has 4 atom stereocenters. The first-order chi connectivity index (χ1) is 13.3. The molecule has 7 heteroatoms. The van der Waals surface area contributed by atoms with Crippen LogP contribution in [0.1, 0.15) is 44.9 Å². The molecule has 4 saturated carbocycles. The van der Waals surface area contributed by atoms with Crippen molar-refractivity contribution in [1.82, 2.24) is 4.98 Å². The van der Waals surface area contributed by atoms with Gasteiger partial charge in [-0.25, -0.2) is 13.8 Å². The van der Waals surface area contributed by atoms with Gasteiger partial charge >= 0.3 is 0 Å². The van der Waals surface area contributed by atoms with E-state index in [0.717, 1.165) is 43.2 Å². The summed E-state index contributed by atoms with van der Waals surface area (Å²) in [5.74, 6) is -0.292. The summed E-state index contributed by atoms with van der Waals surface area (Å²) in [6.07, 6.45) is 7.74. The number of rotatable bonds is 4. The Labute approximate surface area is 175 Å². The lowest BCUT2D eigenvalue weighted by Crippen LogP contribution is -2.53. The third-order valence-electron chi connectivity index (χ3n) is 6.61. The maximum absolute atomic E-state index is 13.5. The summed E-state index contributed by atoms with van der Waals surface area (Å²) < 4.78 is 26.8. The second-order valence-electron chi connectivity index (χ2n) is 9.00. The monoisotopic (exact) mass is 466 g/mol. The van der Waals surface area contributed by atoms with Crippen LogP contribution >= 0.6 is 27.3 Å². The fraction of sp³-hybridized carbons (Fsp3) is 0.524. The molecule has 4 aliphatic carbocycles. The van der Waals surface area contributed by atoms with Gasteiger partial charge in [-0.05, 0) is 74.0 Å². The zero-order valence-electron chi connectivity index (χ0n) is 15.3. The topological polar surface area (TPSA) is 42.0 Å². The zero-order chi connectivity index (χ0) is 19.5. The predicted molar refractivity (Wildman–Crippen MR) is 109 cm³/mol. The zero-order valence-corrected chi connectivity index (χ0v) is 17.7. The van der Waals surface area contributed by atoms with E-state index in [2.05, 4.69) is 26.2 Å². The van der Waals surface area contributed by atoms with Crippen molar-refractivity contribution in [2.75, 3.05) is 5.32 Å². The highest BCUT2D eigenvalue weighted by atomic mass is 79.9. The maximum Gasteiger partial charge on any atom is 0.226 e. The molecule has 0 radical (unpaired) electrons. The van der Waals surface area contributed by atoms with E-state index in [-0.39, 0.29) is 15.6 Å². The van der Waals surface area contributed by atoms with E-state index in [0.29, 0.717) is 22.8 Å². The molecule has 4 fully saturated rings. The Bertz CT molecular complexity index is 932. The first-order valence-electron chi connectivity index (χ1n) is 9.71. The molecule has 0 spiro atoms.